The van der Waals surface area contributed by atoms with Gasteiger partial charge in [-0.15, -0.1) is 0 Å². The van der Waals surface area contributed by atoms with Crippen molar-refractivity contribution in [2.24, 2.45) is 0 Å². The van der Waals surface area contributed by atoms with Crippen molar-refractivity contribution in [1.82, 2.24) is 20.2 Å². The highest BCUT2D eigenvalue weighted by Gasteiger charge is 2.04. The van der Waals surface area contributed by atoms with Crippen LogP contribution in [0.4, 0.5) is 0 Å². The molecule has 0 amide bonds. The van der Waals surface area contributed by atoms with E-state index in [4.69, 9.17) is 21.7 Å². The maximum atomic E-state index is 5.29. The van der Waals surface area contributed by atoms with Crippen LogP contribution in [-0.2, 0) is 13.1 Å². The van der Waals surface area contributed by atoms with Crippen molar-refractivity contribution in [2.75, 3.05) is 20.8 Å². The number of nitrogens with one attached hydrogen (secondary N) is 2. The molecule has 2 rings (SSSR count). The predicted octanol–water partition coefficient (Wildman–Crippen LogP) is 1.95. The summed E-state index contributed by atoms with van der Waals surface area (Å²) in [6.07, 6.45) is 6.53. The van der Waals surface area contributed by atoms with Gasteiger partial charge in [-0.2, -0.15) is 0 Å². The largest absolute Gasteiger partial charge is 0.493 e. The van der Waals surface area contributed by atoms with Crippen molar-refractivity contribution in [2.45, 2.75) is 19.5 Å². The summed E-state index contributed by atoms with van der Waals surface area (Å²) in [4.78, 5) is 4.01. The minimum Gasteiger partial charge on any atom is -0.493 e. The Morgan fingerprint density at radius 1 is 1.22 bits per heavy atom. The van der Waals surface area contributed by atoms with Crippen LogP contribution in [0.15, 0.2) is 36.9 Å². The van der Waals surface area contributed by atoms with Gasteiger partial charge in [-0.1, -0.05) is 6.07 Å². The number of hydrogen-bond donors (Lipinski definition) is 2. The fraction of sp³-hybridized carbons (Fsp3) is 0.375. The number of benzene rings is 1. The third-order valence-electron chi connectivity index (χ3n) is 3.34. The first kappa shape index (κ1) is 17.1. The molecule has 1 aromatic heterocycles. The SMILES string of the molecule is COc1ccc(CNC(=S)NCCCn2ccnc2)cc1OC. The molecular weight excluding hydrogens is 312 g/mol. The Bertz CT molecular complexity index is 617. The van der Waals surface area contributed by atoms with E-state index in [9.17, 15) is 0 Å². The quantitative estimate of drug-likeness (QED) is 0.568. The lowest BCUT2D eigenvalue weighted by Crippen LogP contribution is -2.35. The molecule has 0 aliphatic rings. The normalized spacial score (nSPS) is 10.2. The molecule has 0 spiro atoms. The second kappa shape index (κ2) is 8.99. The van der Waals surface area contributed by atoms with Gasteiger partial charge in [0.15, 0.2) is 16.6 Å². The molecule has 0 unspecified atom stereocenters. The zero-order valence-corrected chi connectivity index (χ0v) is 14.2. The van der Waals surface area contributed by atoms with Crippen LogP contribution in [0.2, 0.25) is 0 Å². The maximum Gasteiger partial charge on any atom is 0.166 e. The lowest BCUT2D eigenvalue weighted by Gasteiger charge is -2.12. The number of imidazole rings is 1. The Morgan fingerprint density at radius 2 is 2.04 bits per heavy atom. The molecule has 124 valence electrons. The molecule has 0 aliphatic carbocycles. The number of thiocarbonyl (C=S) groups is 1. The molecular formula is C16H22N4O2S. The lowest BCUT2D eigenvalue weighted by atomic mass is 10.2. The summed E-state index contributed by atoms with van der Waals surface area (Å²) in [7, 11) is 3.25. The number of nitrogens with zero attached hydrogens (tertiary/aromatic N) is 2. The van der Waals surface area contributed by atoms with Crippen LogP contribution in [0.25, 0.3) is 0 Å². The molecule has 7 heteroatoms. The van der Waals surface area contributed by atoms with Crippen molar-refractivity contribution < 1.29 is 9.47 Å². The molecule has 0 bridgehead atoms. The van der Waals surface area contributed by atoms with E-state index in [2.05, 4.69) is 15.6 Å². The fourth-order valence-electron chi connectivity index (χ4n) is 2.12. The number of methoxy groups -OCH3 is 2. The molecule has 1 heterocycles. The van der Waals surface area contributed by atoms with Gasteiger partial charge in [-0.25, -0.2) is 4.98 Å². The van der Waals surface area contributed by atoms with Gasteiger partial charge in [-0.05, 0) is 36.3 Å². The average Bonchev–Trinajstić information content (AvgIpc) is 3.10. The van der Waals surface area contributed by atoms with Crippen LogP contribution in [0.5, 0.6) is 11.5 Å². The summed E-state index contributed by atoms with van der Waals surface area (Å²) in [5.41, 5.74) is 1.07. The molecule has 1 aromatic carbocycles. The van der Waals surface area contributed by atoms with Crippen LogP contribution >= 0.6 is 12.2 Å². The maximum absolute atomic E-state index is 5.29. The minimum atomic E-state index is 0.633. The van der Waals surface area contributed by atoms with Crippen LogP contribution < -0.4 is 20.1 Å². The van der Waals surface area contributed by atoms with Crippen molar-refractivity contribution in [3.8, 4) is 11.5 Å². The van der Waals surface area contributed by atoms with E-state index < -0.39 is 0 Å². The summed E-state index contributed by atoms with van der Waals surface area (Å²) >= 11 is 5.28. The van der Waals surface area contributed by atoms with Crippen molar-refractivity contribution >= 4 is 17.3 Å². The van der Waals surface area contributed by atoms with Gasteiger partial charge in [0.1, 0.15) is 0 Å². The molecule has 0 saturated carbocycles. The fourth-order valence-corrected chi connectivity index (χ4v) is 2.29. The monoisotopic (exact) mass is 334 g/mol. The summed E-state index contributed by atoms with van der Waals surface area (Å²) in [5.74, 6) is 1.43. The van der Waals surface area contributed by atoms with Gasteiger partial charge in [-0.3, -0.25) is 0 Å². The zero-order chi connectivity index (χ0) is 16.5. The molecule has 0 atom stereocenters. The highest BCUT2D eigenvalue weighted by Crippen LogP contribution is 2.27. The Labute approximate surface area is 141 Å². The van der Waals surface area contributed by atoms with Crippen LogP contribution in [0, 0.1) is 0 Å². The first-order valence-electron chi connectivity index (χ1n) is 7.41. The molecule has 0 aliphatic heterocycles. The number of ether oxygens (including phenoxy) is 2. The second-order valence-electron chi connectivity index (χ2n) is 4.95. The molecule has 2 N–H and O–H groups in total. The number of aromatic nitrogens is 2. The Morgan fingerprint density at radius 3 is 2.74 bits per heavy atom. The van der Waals surface area contributed by atoms with Crippen molar-refractivity contribution in [3.05, 3.63) is 42.5 Å². The lowest BCUT2D eigenvalue weighted by molar-refractivity contribution is 0.354. The Hall–Kier alpha value is -2.28. The highest BCUT2D eigenvalue weighted by molar-refractivity contribution is 7.80. The minimum absolute atomic E-state index is 0.633. The van der Waals surface area contributed by atoms with Gasteiger partial charge < -0.3 is 24.7 Å². The molecule has 2 aromatic rings. The molecule has 23 heavy (non-hydrogen) atoms. The number of hydrogen-bond acceptors (Lipinski definition) is 4. The van der Waals surface area contributed by atoms with E-state index in [1.807, 2.05) is 35.3 Å². The van der Waals surface area contributed by atoms with Crippen LogP contribution in [-0.4, -0.2) is 35.4 Å². The summed E-state index contributed by atoms with van der Waals surface area (Å²) in [5, 5.41) is 7.03. The average molecular weight is 334 g/mol. The zero-order valence-electron chi connectivity index (χ0n) is 13.4. The van der Waals surface area contributed by atoms with Crippen LogP contribution in [0.1, 0.15) is 12.0 Å². The molecule has 0 fully saturated rings. The van der Waals surface area contributed by atoms with E-state index in [-0.39, 0.29) is 0 Å². The van der Waals surface area contributed by atoms with Gasteiger partial charge in [0.2, 0.25) is 0 Å². The topological polar surface area (TPSA) is 60.3 Å². The molecule has 0 saturated heterocycles. The van der Waals surface area contributed by atoms with Gasteiger partial charge in [0.05, 0.1) is 20.5 Å². The predicted molar refractivity (Wildman–Crippen MR) is 93.8 cm³/mol. The van der Waals surface area contributed by atoms with Crippen molar-refractivity contribution in [1.29, 1.82) is 0 Å². The standard InChI is InChI=1S/C16H22N4O2S/c1-21-14-5-4-13(10-15(14)22-2)11-19-16(23)18-6-3-8-20-9-7-17-12-20/h4-5,7,9-10,12H,3,6,8,11H2,1-2H3,(H2,18,19,23). The smallest absolute Gasteiger partial charge is 0.166 e. The van der Waals surface area contributed by atoms with Gasteiger partial charge in [0, 0.05) is 32.0 Å². The van der Waals surface area contributed by atoms with E-state index in [0.717, 1.165) is 30.8 Å². The summed E-state index contributed by atoms with van der Waals surface area (Å²) < 4.78 is 12.6. The van der Waals surface area contributed by atoms with Crippen molar-refractivity contribution in [3.63, 3.8) is 0 Å². The van der Waals surface area contributed by atoms with E-state index in [0.29, 0.717) is 17.4 Å². The third kappa shape index (κ3) is 5.45. The second-order valence-corrected chi connectivity index (χ2v) is 5.36. The van der Waals surface area contributed by atoms with E-state index in [1.54, 1.807) is 20.4 Å². The summed E-state index contributed by atoms with van der Waals surface area (Å²) in [6.45, 7) is 2.37. The van der Waals surface area contributed by atoms with E-state index >= 15 is 0 Å². The molecule has 6 nitrogen and oxygen atoms in total. The number of rotatable bonds is 8. The molecule has 0 radical (unpaired) electrons. The Kier molecular flexibility index (Phi) is 6.68. The van der Waals surface area contributed by atoms with Gasteiger partial charge >= 0.3 is 0 Å². The first-order chi connectivity index (χ1) is 11.2. The third-order valence-corrected chi connectivity index (χ3v) is 3.63. The van der Waals surface area contributed by atoms with E-state index in [1.165, 1.54) is 0 Å². The Balaban J connectivity index is 1.69. The highest BCUT2D eigenvalue weighted by atomic mass is 32.1. The van der Waals surface area contributed by atoms with Crippen LogP contribution in [0.3, 0.4) is 0 Å². The summed E-state index contributed by atoms with van der Waals surface area (Å²) in [6, 6.07) is 5.81. The van der Waals surface area contributed by atoms with Gasteiger partial charge in [0.25, 0.3) is 0 Å². The number of aryl methyl sites for hydroxylation is 1. The first-order valence-corrected chi connectivity index (χ1v) is 7.82.